The van der Waals surface area contributed by atoms with E-state index in [4.69, 9.17) is 20.1 Å². The second-order valence-corrected chi connectivity index (χ2v) is 2.34. The molecule has 1 unspecified atom stereocenters. The molecule has 1 rings (SSSR count). The van der Waals surface area contributed by atoms with E-state index in [1.54, 1.807) is 6.08 Å². The summed E-state index contributed by atoms with van der Waals surface area (Å²) in [7, 11) is 0. The Labute approximate surface area is 69.7 Å². The van der Waals surface area contributed by atoms with Crippen molar-refractivity contribution in [1.29, 1.82) is 0 Å². The fraction of sp³-hybridized carbons (Fsp3) is 0.250. The lowest BCUT2D eigenvalue weighted by molar-refractivity contribution is -0.0708. The molecule has 0 saturated heterocycles. The number of allylic oxidation sites excluding steroid dienone is 2. The maximum atomic E-state index is 9.02. The minimum Gasteiger partial charge on any atom is -0.504 e. The Balaban J connectivity index is 2.82. The molecule has 0 saturated carbocycles. The number of ether oxygens (including phenoxy) is 1. The van der Waals surface area contributed by atoms with Gasteiger partial charge in [-0.25, -0.2) is 0 Å². The highest BCUT2D eigenvalue weighted by Gasteiger charge is 2.21. The van der Waals surface area contributed by atoms with E-state index in [-0.39, 0.29) is 5.76 Å². The molecule has 0 aromatic carbocycles. The molecule has 0 aliphatic carbocycles. The summed E-state index contributed by atoms with van der Waals surface area (Å²) in [6.07, 6.45) is 1.73. The van der Waals surface area contributed by atoms with E-state index in [2.05, 4.69) is 6.58 Å². The van der Waals surface area contributed by atoms with Gasteiger partial charge in [-0.1, -0.05) is 6.08 Å². The highest BCUT2D eigenvalue weighted by atomic mass is 16.6. The van der Waals surface area contributed by atoms with Crippen molar-refractivity contribution in [2.45, 2.75) is 12.7 Å². The fourth-order valence-corrected chi connectivity index (χ4v) is 0.835. The highest BCUT2D eigenvalue weighted by Crippen LogP contribution is 2.20. The van der Waals surface area contributed by atoms with Gasteiger partial charge in [0.25, 0.3) is 6.29 Å². The number of hydrogen-bond donors (Lipinski definition) is 3. The Morgan fingerprint density at radius 1 is 1.58 bits per heavy atom. The molecular formula is C8H10O4. The van der Waals surface area contributed by atoms with Gasteiger partial charge < -0.3 is 20.1 Å². The molecule has 1 aliphatic heterocycles. The van der Waals surface area contributed by atoms with E-state index in [0.717, 1.165) is 0 Å². The smallest absolute Gasteiger partial charge is 0.259 e. The first-order chi connectivity index (χ1) is 5.65. The van der Waals surface area contributed by atoms with Gasteiger partial charge in [0.1, 0.15) is 5.76 Å². The molecule has 66 valence electrons. The summed E-state index contributed by atoms with van der Waals surface area (Å²) in [5, 5.41) is 26.9. The molecule has 0 aromatic heterocycles. The third-order valence-electron chi connectivity index (χ3n) is 1.40. The lowest BCUT2D eigenvalue weighted by Crippen LogP contribution is -2.19. The molecule has 0 aromatic rings. The van der Waals surface area contributed by atoms with Crippen LogP contribution in [0.15, 0.2) is 36.0 Å². The first kappa shape index (κ1) is 8.67. The van der Waals surface area contributed by atoms with Gasteiger partial charge in [0, 0.05) is 12.5 Å². The number of hydrogen-bond acceptors (Lipinski definition) is 4. The second kappa shape index (κ2) is 3.32. The van der Waals surface area contributed by atoms with Gasteiger partial charge in [0.15, 0.2) is 5.76 Å². The zero-order valence-corrected chi connectivity index (χ0v) is 6.40. The van der Waals surface area contributed by atoms with Gasteiger partial charge >= 0.3 is 0 Å². The minimum absolute atomic E-state index is 0.368. The number of rotatable bonds is 2. The highest BCUT2D eigenvalue weighted by molar-refractivity contribution is 5.23. The average molecular weight is 170 g/mol. The van der Waals surface area contributed by atoms with E-state index in [1.807, 2.05) is 0 Å². The number of aliphatic hydroxyl groups is 3. The topological polar surface area (TPSA) is 69.9 Å². The zero-order valence-electron chi connectivity index (χ0n) is 6.40. The molecule has 0 radical (unpaired) electrons. The molecule has 1 atom stereocenters. The number of aliphatic hydroxyl groups excluding tert-OH is 3. The van der Waals surface area contributed by atoms with E-state index < -0.39 is 12.0 Å². The monoisotopic (exact) mass is 170 g/mol. The lowest BCUT2D eigenvalue weighted by Gasteiger charge is -2.19. The van der Waals surface area contributed by atoms with Gasteiger partial charge in [-0.15, -0.1) is 6.58 Å². The van der Waals surface area contributed by atoms with Gasteiger partial charge in [-0.05, 0) is 0 Å². The Hall–Kier alpha value is -1.42. The van der Waals surface area contributed by atoms with Crippen molar-refractivity contribution in [2.75, 3.05) is 0 Å². The van der Waals surface area contributed by atoms with Crippen molar-refractivity contribution < 1.29 is 20.1 Å². The molecule has 0 amide bonds. The van der Waals surface area contributed by atoms with Gasteiger partial charge in [0.2, 0.25) is 5.76 Å². The van der Waals surface area contributed by atoms with Crippen LogP contribution >= 0.6 is 0 Å². The van der Waals surface area contributed by atoms with E-state index >= 15 is 0 Å². The molecule has 1 heterocycles. The van der Waals surface area contributed by atoms with E-state index in [1.165, 1.54) is 6.08 Å². The zero-order chi connectivity index (χ0) is 9.14. The van der Waals surface area contributed by atoms with Crippen LogP contribution in [0, 0.1) is 0 Å². The van der Waals surface area contributed by atoms with Crippen LogP contribution in [0.2, 0.25) is 0 Å². The quantitative estimate of drug-likeness (QED) is 0.543. The van der Waals surface area contributed by atoms with Crippen LogP contribution in [-0.4, -0.2) is 21.6 Å². The Morgan fingerprint density at radius 3 is 2.75 bits per heavy atom. The molecule has 0 fully saturated rings. The predicted octanol–water partition coefficient (Wildman–Crippen LogP) is 1.12. The molecule has 4 nitrogen and oxygen atoms in total. The molecule has 0 spiro atoms. The SMILES string of the molecule is C=CCC1=CC(O)=C(O)C(O)O1. The summed E-state index contributed by atoms with van der Waals surface area (Å²) < 4.78 is 4.79. The summed E-state index contributed by atoms with van der Waals surface area (Å²) in [6.45, 7) is 3.46. The summed E-state index contributed by atoms with van der Waals surface area (Å²) in [4.78, 5) is 0. The molecule has 4 heteroatoms. The molecule has 0 bridgehead atoms. The van der Waals surface area contributed by atoms with Gasteiger partial charge in [-0.3, -0.25) is 0 Å². The first-order valence-electron chi connectivity index (χ1n) is 3.43. The van der Waals surface area contributed by atoms with Gasteiger partial charge in [0.05, 0.1) is 0 Å². The van der Waals surface area contributed by atoms with E-state index in [0.29, 0.717) is 12.2 Å². The van der Waals surface area contributed by atoms with Crippen LogP contribution in [0.3, 0.4) is 0 Å². The van der Waals surface area contributed by atoms with Crippen molar-refractivity contribution in [2.24, 2.45) is 0 Å². The minimum atomic E-state index is -1.47. The third-order valence-corrected chi connectivity index (χ3v) is 1.40. The largest absolute Gasteiger partial charge is 0.504 e. The fourth-order valence-electron chi connectivity index (χ4n) is 0.835. The Morgan fingerprint density at radius 2 is 2.25 bits per heavy atom. The average Bonchev–Trinajstić information content (AvgIpc) is 2.01. The third kappa shape index (κ3) is 1.60. The summed E-state index contributed by atoms with van der Waals surface area (Å²) in [5.41, 5.74) is 0. The van der Waals surface area contributed by atoms with E-state index in [9.17, 15) is 0 Å². The Bertz CT molecular complexity index is 252. The van der Waals surface area contributed by atoms with Crippen LogP contribution < -0.4 is 0 Å². The standard InChI is InChI=1S/C8H10O4/c1-2-3-5-4-6(9)7(10)8(11)12-5/h2,4,8-11H,1,3H2. The van der Waals surface area contributed by atoms with Crippen LogP contribution in [0.25, 0.3) is 0 Å². The van der Waals surface area contributed by atoms with Crippen molar-refractivity contribution in [3.8, 4) is 0 Å². The van der Waals surface area contributed by atoms with Crippen molar-refractivity contribution in [3.63, 3.8) is 0 Å². The van der Waals surface area contributed by atoms with Gasteiger partial charge in [-0.2, -0.15) is 0 Å². The van der Waals surface area contributed by atoms with Crippen molar-refractivity contribution >= 4 is 0 Å². The van der Waals surface area contributed by atoms with Crippen molar-refractivity contribution in [3.05, 3.63) is 36.0 Å². The summed E-state index contributed by atoms with van der Waals surface area (Å²) >= 11 is 0. The van der Waals surface area contributed by atoms with Crippen molar-refractivity contribution in [1.82, 2.24) is 0 Å². The van der Waals surface area contributed by atoms with Crippen LogP contribution in [-0.2, 0) is 4.74 Å². The molecule has 1 aliphatic rings. The predicted molar refractivity (Wildman–Crippen MR) is 42.3 cm³/mol. The normalized spacial score (nSPS) is 23.1. The van der Waals surface area contributed by atoms with Crippen LogP contribution in [0.4, 0.5) is 0 Å². The maximum absolute atomic E-state index is 9.02. The van der Waals surface area contributed by atoms with Crippen LogP contribution in [0.1, 0.15) is 6.42 Å². The lowest BCUT2D eigenvalue weighted by atomic mass is 10.2. The van der Waals surface area contributed by atoms with Crippen LogP contribution in [0.5, 0.6) is 0 Å². The first-order valence-corrected chi connectivity index (χ1v) is 3.43. The molecule has 3 N–H and O–H groups in total. The second-order valence-electron chi connectivity index (χ2n) is 2.34. The molecule has 12 heavy (non-hydrogen) atoms. The summed E-state index contributed by atoms with van der Waals surface area (Å²) in [6, 6.07) is 0. The molecular weight excluding hydrogens is 160 g/mol. The maximum Gasteiger partial charge on any atom is 0.259 e. The Kier molecular flexibility index (Phi) is 2.40. The summed E-state index contributed by atoms with van der Waals surface area (Å²) in [5.74, 6) is -0.568.